The predicted octanol–water partition coefficient (Wildman–Crippen LogP) is 1.12. The largest absolute Gasteiger partial charge is 0.481 e. The monoisotopic (exact) mass is 295 g/mol. The number of amides is 2. The van der Waals surface area contributed by atoms with Crippen molar-refractivity contribution < 1.29 is 14.7 Å². The molecule has 3 rings (SSSR count). The van der Waals surface area contributed by atoms with Gasteiger partial charge in [0.05, 0.1) is 5.41 Å². The van der Waals surface area contributed by atoms with E-state index in [1.807, 2.05) is 4.90 Å². The molecule has 2 N–H and O–H groups in total. The zero-order valence-electron chi connectivity index (χ0n) is 12.7. The summed E-state index contributed by atoms with van der Waals surface area (Å²) in [6.45, 7) is 5.19. The SMILES string of the molecule is CC1CN2CCCCC2CN1C(=O)NCC1(C(=O)O)CC1. The number of carbonyl (C=O) groups is 2. The minimum absolute atomic E-state index is 0.0970. The molecule has 2 unspecified atom stereocenters. The summed E-state index contributed by atoms with van der Waals surface area (Å²) in [5.74, 6) is -0.784. The lowest BCUT2D eigenvalue weighted by Gasteiger charge is -2.47. The molecule has 0 aromatic heterocycles. The van der Waals surface area contributed by atoms with E-state index >= 15 is 0 Å². The van der Waals surface area contributed by atoms with Crippen LogP contribution < -0.4 is 5.32 Å². The number of carboxylic acid groups (broad SMARTS) is 1. The molecule has 2 saturated heterocycles. The summed E-state index contributed by atoms with van der Waals surface area (Å²) < 4.78 is 0. The molecular formula is C15H25N3O3. The number of aliphatic carboxylic acids is 1. The lowest BCUT2D eigenvalue weighted by Crippen LogP contribution is -2.62. The van der Waals surface area contributed by atoms with Gasteiger partial charge in [-0.15, -0.1) is 0 Å². The van der Waals surface area contributed by atoms with E-state index in [-0.39, 0.29) is 18.6 Å². The number of piperidine rings is 1. The normalized spacial score (nSPS) is 31.4. The first kappa shape index (κ1) is 14.6. The van der Waals surface area contributed by atoms with Crippen LogP contribution in [-0.4, -0.2) is 65.2 Å². The third-order valence-corrected chi connectivity index (χ3v) is 5.33. The fraction of sp³-hybridized carbons (Fsp3) is 0.867. The van der Waals surface area contributed by atoms with Crippen molar-refractivity contribution >= 4 is 12.0 Å². The van der Waals surface area contributed by atoms with Gasteiger partial charge in [-0.1, -0.05) is 6.42 Å². The van der Waals surface area contributed by atoms with Crippen molar-refractivity contribution in [3.63, 3.8) is 0 Å². The molecule has 0 radical (unpaired) electrons. The van der Waals surface area contributed by atoms with Crippen LogP contribution in [0.4, 0.5) is 4.79 Å². The Hall–Kier alpha value is -1.30. The van der Waals surface area contributed by atoms with Crippen LogP contribution in [0.15, 0.2) is 0 Å². The van der Waals surface area contributed by atoms with Crippen LogP contribution in [0, 0.1) is 5.41 Å². The number of carbonyl (C=O) groups excluding carboxylic acids is 1. The number of hydrogen-bond donors (Lipinski definition) is 2. The number of fused-ring (bicyclic) bond motifs is 1. The highest BCUT2D eigenvalue weighted by molar-refractivity contribution is 5.80. The van der Waals surface area contributed by atoms with Crippen molar-refractivity contribution in [2.75, 3.05) is 26.2 Å². The summed E-state index contributed by atoms with van der Waals surface area (Å²) in [5, 5.41) is 12.0. The van der Waals surface area contributed by atoms with Crippen LogP contribution in [0.25, 0.3) is 0 Å². The Labute approximate surface area is 125 Å². The van der Waals surface area contributed by atoms with Gasteiger partial charge in [0.2, 0.25) is 0 Å². The first-order chi connectivity index (χ1) is 10.0. The van der Waals surface area contributed by atoms with Gasteiger partial charge in [-0.05, 0) is 39.2 Å². The van der Waals surface area contributed by atoms with Crippen molar-refractivity contribution in [2.45, 2.75) is 51.1 Å². The number of nitrogens with one attached hydrogen (secondary N) is 1. The molecule has 118 valence electrons. The molecule has 0 aromatic rings. The van der Waals surface area contributed by atoms with Gasteiger partial charge in [0.25, 0.3) is 0 Å². The van der Waals surface area contributed by atoms with E-state index in [0.717, 1.165) is 26.1 Å². The second-order valence-corrected chi connectivity index (χ2v) is 6.89. The number of carboxylic acids is 1. The van der Waals surface area contributed by atoms with E-state index in [1.165, 1.54) is 12.8 Å². The topological polar surface area (TPSA) is 72.9 Å². The van der Waals surface area contributed by atoms with Gasteiger partial charge in [0, 0.05) is 31.7 Å². The Kier molecular flexibility index (Phi) is 3.82. The van der Waals surface area contributed by atoms with Crippen LogP contribution in [0.5, 0.6) is 0 Å². The third-order valence-electron chi connectivity index (χ3n) is 5.33. The zero-order chi connectivity index (χ0) is 15.0. The molecule has 2 heterocycles. The van der Waals surface area contributed by atoms with Gasteiger partial charge in [-0.2, -0.15) is 0 Å². The quantitative estimate of drug-likeness (QED) is 0.818. The molecule has 2 atom stereocenters. The van der Waals surface area contributed by atoms with Crippen LogP contribution in [0.1, 0.15) is 39.0 Å². The average Bonchev–Trinajstić information content (AvgIpc) is 3.25. The van der Waals surface area contributed by atoms with Crippen molar-refractivity contribution in [3.05, 3.63) is 0 Å². The van der Waals surface area contributed by atoms with Gasteiger partial charge in [-0.25, -0.2) is 4.79 Å². The second kappa shape index (κ2) is 5.48. The average molecular weight is 295 g/mol. The Morgan fingerprint density at radius 1 is 1.29 bits per heavy atom. The number of rotatable bonds is 3. The van der Waals surface area contributed by atoms with Gasteiger partial charge in [0.15, 0.2) is 0 Å². The molecule has 6 heteroatoms. The highest BCUT2D eigenvalue weighted by Gasteiger charge is 2.50. The molecule has 0 aromatic carbocycles. The number of nitrogens with zero attached hydrogens (tertiary/aromatic N) is 2. The fourth-order valence-corrected chi connectivity index (χ4v) is 3.60. The number of urea groups is 1. The Morgan fingerprint density at radius 2 is 2.05 bits per heavy atom. The summed E-state index contributed by atoms with van der Waals surface area (Å²) in [7, 11) is 0. The van der Waals surface area contributed by atoms with Crippen LogP contribution in [0.2, 0.25) is 0 Å². The summed E-state index contributed by atoms with van der Waals surface area (Å²) in [4.78, 5) is 27.9. The molecule has 2 aliphatic heterocycles. The Morgan fingerprint density at radius 3 is 2.71 bits per heavy atom. The van der Waals surface area contributed by atoms with Crippen LogP contribution >= 0.6 is 0 Å². The zero-order valence-corrected chi connectivity index (χ0v) is 12.7. The van der Waals surface area contributed by atoms with E-state index in [2.05, 4.69) is 17.1 Å². The van der Waals surface area contributed by atoms with Crippen molar-refractivity contribution in [1.82, 2.24) is 15.1 Å². The van der Waals surface area contributed by atoms with E-state index < -0.39 is 11.4 Å². The molecular weight excluding hydrogens is 270 g/mol. The van der Waals surface area contributed by atoms with Crippen LogP contribution in [0.3, 0.4) is 0 Å². The predicted molar refractivity (Wildman–Crippen MR) is 78.1 cm³/mol. The smallest absolute Gasteiger partial charge is 0.317 e. The maximum absolute atomic E-state index is 12.4. The maximum Gasteiger partial charge on any atom is 0.317 e. The first-order valence-corrected chi connectivity index (χ1v) is 8.04. The molecule has 3 fully saturated rings. The third kappa shape index (κ3) is 2.86. The lowest BCUT2D eigenvalue weighted by molar-refractivity contribution is -0.143. The molecule has 6 nitrogen and oxygen atoms in total. The summed E-state index contributed by atoms with van der Waals surface area (Å²) in [6.07, 6.45) is 5.02. The van der Waals surface area contributed by atoms with Crippen molar-refractivity contribution in [3.8, 4) is 0 Å². The van der Waals surface area contributed by atoms with E-state index in [4.69, 9.17) is 5.11 Å². The minimum Gasteiger partial charge on any atom is -0.481 e. The van der Waals surface area contributed by atoms with Crippen molar-refractivity contribution in [2.24, 2.45) is 5.41 Å². The Bertz CT molecular complexity index is 436. The molecule has 0 bridgehead atoms. The number of piperazine rings is 1. The fourth-order valence-electron chi connectivity index (χ4n) is 3.60. The highest BCUT2D eigenvalue weighted by atomic mass is 16.4. The summed E-state index contributed by atoms with van der Waals surface area (Å²) in [5.41, 5.74) is -0.689. The molecule has 1 saturated carbocycles. The molecule has 2 amide bonds. The first-order valence-electron chi connectivity index (χ1n) is 8.04. The standard InChI is InChI=1S/C15H25N3O3/c1-11-8-17-7-3-2-4-12(17)9-18(11)14(21)16-10-15(5-6-15)13(19)20/h11-12H,2-10H2,1H3,(H,16,21)(H,19,20). The van der Waals surface area contributed by atoms with Gasteiger partial charge in [0.1, 0.15) is 0 Å². The van der Waals surface area contributed by atoms with Gasteiger partial charge >= 0.3 is 12.0 Å². The van der Waals surface area contributed by atoms with Crippen LogP contribution in [-0.2, 0) is 4.79 Å². The molecule has 3 aliphatic rings. The maximum atomic E-state index is 12.4. The molecule has 1 aliphatic carbocycles. The van der Waals surface area contributed by atoms with Crippen molar-refractivity contribution in [1.29, 1.82) is 0 Å². The lowest BCUT2D eigenvalue weighted by atomic mass is 9.97. The Balaban J connectivity index is 1.55. The number of hydrogen-bond acceptors (Lipinski definition) is 3. The van der Waals surface area contributed by atoms with Gasteiger partial charge < -0.3 is 15.3 Å². The minimum atomic E-state index is -0.784. The second-order valence-electron chi connectivity index (χ2n) is 6.89. The van der Waals surface area contributed by atoms with E-state index in [1.54, 1.807) is 0 Å². The van der Waals surface area contributed by atoms with Gasteiger partial charge in [-0.3, -0.25) is 9.69 Å². The molecule has 21 heavy (non-hydrogen) atoms. The van der Waals surface area contributed by atoms with E-state index in [0.29, 0.717) is 18.9 Å². The summed E-state index contributed by atoms with van der Waals surface area (Å²) >= 11 is 0. The highest BCUT2D eigenvalue weighted by Crippen LogP contribution is 2.45. The summed E-state index contributed by atoms with van der Waals surface area (Å²) in [6, 6.07) is 0.578. The molecule has 0 spiro atoms. The van der Waals surface area contributed by atoms with E-state index in [9.17, 15) is 9.59 Å².